The van der Waals surface area contributed by atoms with Crippen LogP contribution in [0.2, 0.25) is 0 Å². The van der Waals surface area contributed by atoms with Crippen LogP contribution in [0, 0.1) is 36.2 Å². The van der Waals surface area contributed by atoms with Gasteiger partial charge in [0.1, 0.15) is 41.3 Å². The third-order valence-corrected chi connectivity index (χ3v) is 8.74. The molecule has 0 bridgehead atoms. The molecular formula is C36H26F3N5O4S. The molecule has 9 nitrogen and oxygen atoms in total. The average Bonchev–Trinajstić information content (AvgIpc) is 3.64. The van der Waals surface area contributed by atoms with Crippen molar-refractivity contribution >= 4 is 28.3 Å². The van der Waals surface area contributed by atoms with Gasteiger partial charge in [0.05, 0.1) is 39.9 Å². The number of hydrogen-bond donors (Lipinski definition) is 1. The highest BCUT2D eigenvalue weighted by atomic mass is 32.1. The van der Waals surface area contributed by atoms with E-state index in [1.807, 2.05) is 12.3 Å². The lowest BCUT2D eigenvalue weighted by Gasteiger charge is -2.27. The first-order chi connectivity index (χ1) is 23.7. The van der Waals surface area contributed by atoms with Crippen LogP contribution >= 0.6 is 11.3 Å². The molecule has 49 heavy (non-hydrogen) atoms. The summed E-state index contributed by atoms with van der Waals surface area (Å²) < 4.78 is 58.9. The van der Waals surface area contributed by atoms with Gasteiger partial charge in [-0.25, -0.2) is 32.9 Å². The SMILES string of the molecule is Cc1nc(C#Cc2cnc(COc3cccc(-c4cc(F)c(Cc5nc6ccc(C(=O)O)cc6n5CC5CCO5)cc4F)n3)c(F)c2)cs1. The minimum Gasteiger partial charge on any atom is -0.478 e. The van der Waals surface area contributed by atoms with Gasteiger partial charge in [-0.15, -0.1) is 11.3 Å². The maximum Gasteiger partial charge on any atom is 0.335 e. The van der Waals surface area contributed by atoms with Gasteiger partial charge in [0, 0.05) is 41.8 Å². The number of ether oxygens (including phenoxy) is 2. The summed E-state index contributed by atoms with van der Waals surface area (Å²) in [7, 11) is 0. The zero-order valence-electron chi connectivity index (χ0n) is 25.9. The van der Waals surface area contributed by atoms with Crippen LogP contribution in [-0.2, 0) is 24.3 Å². The second-order valence-corrected chi connectivity index (χ2v) is 12.4. The van der Waals surface area contributed by atoms with E-state index in [0.717, 1.165) is 23.6 Å². The van der Waals surface area contributed by atoms with E-state index in [2.05, 4.69) is 31.8 Å². The summed E-state index contributed by atoms with van der Waals surface area (Å²) in [5, 5.41) is 12.2. The minimum absolute atomic E-state index is 0.0258. The fraction of sp³-hybridized carbons (Fsp3) is 0.194. The second kappa shape index (κ2) is 13.5. The van der Waals surface area contributed by atoms with Gasteiger partial charge in [-0.2, -0.15) is 0 Å². The molecule has 13 heteroatoms. The van der Waals surface area contributed by atoms with Gasteiger partial charge in [-0.1, -0.05) is 12.0 Å². The number of fused-ring (bicyclic) bond motifs is 1. The lowest BCUT2D eigenvalue weighted by atomic mass is 10.0. The predicted molar refractivity (Wildman–Crippen MR) is 175 cm³/mol. The highest BCUT2D eigenvalue weighted by Crippen LogP contribution is 2.29. The second-order valence-electron chi connectivity index (χ2n) is 11.3. The van der Waals surface area contributed by atoms with Crippen molar-refractivity contribution < 1.29 is 32.5 Å². The smallest absolute Gasteiger partial charge is 0.335 e. The van der Waals surface area contributed by atoms with Crippen molar-refractivity contribution in [3.8, 4) is 29.0 Å². The van der Waals surface area contributed by atoms with Gasteiger partial charge < -0.3 is 19.1 Å². The topological polar surface area (TPSA) is 112 Å². The van der Waals surface area contributed by atoms with Crippen molar-refractivity contribution in [2.45, 2.75) is 39.0 Å². The van der Waals surface area contributed by atoms with Crippen LogP contribution in [0.5, 0.6) is 5.88 Å². The van der Waals surface area contributed by atoms with Crippen molar-refractivity contribution in [3.05, 3.63) is 123 Å². The number of carboxylic acids is 1. The molecular weight excluding hydrogens is 655 g/mol. The molecule has 1 unspecified atom stereocenters. The Morgan fingerprint density at radius 2 is 1.92 bits per heavy atom. The van der Waals surface area contributed by atoms with Crippen LogP contribution in [0.3, 0.4) is 0 Å². The van der Waals surface area contributed by atoms with Crippen molar-refractivity contribution in [3.63, 3.8) is 0 Å². The Morgan fingerprint density at radius 1 is 1.06 bits per heavy atom. The Morgan fingerprint density at radius 3 is 2.65 bits per heavy atom. The average molecular weight is 682 g/mol. The number of carbonyl (C=O) groups is 1. The van der Waals surface area contributed by atoms with Crippen LogP contribution < -0.4 is 4.74 Å². The molecule has 1 aliphatic heterocycles. The normalized spacial score (nSPS) is 13.9. The standard InChI is InChI=1S/C36H26F3N5O4S/c1-20-41-24(19-49-20)7-5-21-11-29(39)32(40-16-21)18-48-35-4-2-3-30(43-35)26-15-27(37)23(12-28(26)38)14-34-42-31-8-6-22(36(45)46)13-33(31)44(34)17-25-9-10-47-25/h2-4,6,8,11-13,15-16,19,25H,9-10,14,17-18H2,1H3,(H,45,46). The number of imidazole rings is 1. The van der Waals surface area contributed by atoms with Gasteiger partial charge in [0.15, 0.2) is 0 Å². The zero-order chi connectivity index (χ0) is 34.1. The quantitative estimate of drug-likeness (QED) is 0.167. The monoisotopic (exact) mass is 681 g/mol. The van der Waals surface area contributed by atoms with Gasteiger partial charge in [-0.3, -0.25) is 4.98 Å². The van der Waals surface area contributed by atoms with Crippen LogP contribution in [0.15, 0.2) is 66.2 Å². The Bertz CT molecular complexity index is 2290. The van der Waals surface area contributed by atoms with Crippen molar-refractivity contribution in [1.82, 2.24) is 24.5 Å². The number of aromatic nitrogens is 5. The van der Waals surface area contributed by atoms with Crippen LogP contribution in [0.4, 0.5) is 13.2 Å². The first-order valence-corrected chi connectivity index (χ1v) is 16.1. The van der Waals surface area contributed by atoms with Crippen molar-refractivity contribution in [2.75, 3.05) is 6.61 Å². The molecule has 1 aliphatic rings. The van der Waals surface area contributed by atoms with E-state index in [1.165, 1.54) is 47.9 Å². The van der Waals surface area contributed by atoms with E-state index in [1.54, 1.807) is 16.7 Å². The van der Waals surface area contributed by atoms with Crippen molar-refractivity contribution in [1.29, 1.82) is 0 Å². The summed E-state index contributed by atoms with van der Waals surface area (Å²) in [5.74, 6) is 3.15. The molecule has 1 atom stereocenters. The Labute approximate surface area is 282 Å². The number of aryl methyl sites for hydroxylation is 1. The molecule has 0 saturated carbocycles. The van der Waals surface area contributed by atoms with E-state index in [9.17, 15) is 14.3 Å². The Kier molecular flexibility index (Phi) is 8.81. The molecule has 1 N–H and O–H groups in total. The number of carboxylic acid groups (broad SMARTS) is 1. The number of aromatic carboxylic acids is 1. The maximum atomic E-state index is 15.6. The van der Waals surface area contributed by atoms with Crippen LogP contribution in [-0.4, -0.2) is 48.3 Å². The molecule has 2 aromatic carbocycles. The molecule has 6 aromatic rings. The van der Waals surface area contributed by atoms with Gasteiger partial charge in [-0.05, 0) is 67.3 Å². The Balaban J connectivity index is 1.08. The lowest BCUT2D eigenvalue weighted by Crippen LogP contribution is -2.31. The number of thiazole rings is 1. The molecule has 0 spiro atoms. The summed E-state index contributed by atoms with van der Waals surface area (Å²) >= 11 is 1.47. The number of halogens is 3. The predicted octanol–water partition coefficient (Wildman–Crippen LogP) is 6.73. The third kappa shape index (κ3) is 7.01. The van der Waals surface area contributed by atoms with E-state index < -0.39 is 23.4 Å². The maximum absolute atomic E-state index is 15.6. The third-order valence-electron chi connectivity index (χ3n) is 7.97. The number of hydrogen-bond acceptors (Lipinski definition) is 8. The summed E-state index contributed by atoms with van der Waals surface area (Å²) in [6, 6.07) is 12.6. The van der Waals surface area contributed by atoms with Gasteiger partial charge in [0.2, 0.25) is 5.88 Å². The fourth-order valence-corrected chi connectivity index (χ4v) is 5.90. The number of rotatable bonds is 9. The summed E-state index contributed by atoms with van der Waals surface area (Å²) in [4.78, 5) is 28.9. The molecule has 0 amide bonds. The van der Waals surface area contributed by atoms with Crippen LogP contribution in [0.1, 0.15) is 50.1 Å². The molecule has 1 fully saturated rings. The fourth-order valence-electron chi connectivity index (χ4n) is 5.35. The lowest BCUT2D eigenvalue weighted by molar-refractivity contribution is -0.0589. The van der Waals surface area contributed by atoms with E-state index >= 15 is 8.78 Å². The highest BCUT2D eigenvalue weighted by molar-refractivity contribution is 7.09. The molecule has 0 aliphatic carbocycles. The molecule has 4 aromatic heterocycles. The first kappa shape index (κ1) is 32.0. The Hall–Kier alpha value is -5.58. The molecule has 5 heterocycles. The molecule has 1 saturated heterocycles. The molecule has 7 rings (SSSR count). The number of benzene rings is 2. The van der Waals surface area contributed by atoms with E-state index in [-0.39, 0.29) is 53.1 Å². The summed E-state index contributed by atoms with van der Waals surface area (Å²) in [6.45, 7) is 2.65. The first-order valence-electron chi connectivity index (χ1n) is 15.2. The molecule has 0 radical (unpaired) electrons. The van der Waals surface area contributed by atoms with Gasteiger partial charge in [0.25, 0.3) is 0 Å². The highest BCUT2D eigenvalue weighted by Gasteiger charge is 2.24. The van der Waals surface area contributed by atoms with Crippen molar-refractivity contribution in [2.24, 2.45) is 0 Å². The number of pyridine rings is 2. The van der Waals surface area contributed by atoms with Crippen LogP contribution in [0.25, 0.3) is 22.3 Å². The summed E-state index contributed by atoms with van der Waals surface area (Å²) in [5.41, 5.74) is 2.31. The minimum atomic E-state index is -1.08. The molecule has 246 valence electrons. The van der Waals surface area contributed by atoms with Gasteiger partial charge >= 0.3 is 5.97 Å². The number of nitrogens with zero attached hydrogens (tertiary/aromatic N) is 5. The zero-order valence-corrected chi connectivity index (χ0v) is 26.7. The van der Waals surface area contributed by atoms with E-state index in [0.29, 0.717) is 41.3 Å². The summed E-state index contributed by atoms with van der Waals surface area (Å²) in [6.07, 6.45) is 2.13. The van der Waals surface area contributed by atoms with E-state index in [4.69, 9.17) is 9.47 Å². The largest absolute Gasteiger partial charge is 0.478 e.